The molecule has 2 atom stereocenters. The Hall–Kier alpha value is -0.610. The van der Waals surface area contributed by atoms with Gasteiger partial charge >= 0.3 is 0 Å². The van der Waals surface area contributed by atoms with Crippen LogP contribution in [0.2, 0.25) is 0 Å². The van der Waals surface area contributed by atoms with Gasteiger partial charge in [0.1, 0.15) is 0 Å². The van der Waals surface area contributed by atoms with Gasteiger partial charge in [0.15, 0.2) is 0 Å². The summed E-state index contributed by atoms with van der Waals surface area (Å²) in [6.45, 7) is 5.43. The number of carbonyl (C=O) groups is 1. The van der Waals surface area contributed by atoms with E-state index in [2.05, 4.69) is 17.6 Å². The van der Waals surface area contributed by atoms with Gasteiger partial charge < -0.3 is 15.4 Å². The molecule has 2 aliphatic heterocycles. The Morgan fingerprint density at radius 2 is 2.38 bits per heavy atom. The highest BCUT2D eigenvalue weighted by Gasteiger charge is 2.32. The molecular formula is C12H22N2O2. The van der Waals surface area contributed by atoms with Crippen LogP contribution in [0.1, 0.15) is 32.6 Å². The van der Waals surface area contributed by atoms with E-state index in [-0.39, 0.29) is 17.4 Å². The van der Waals surface area contributed by atoms with Crippen LogP contribution in [0.25, 0.3) is 0 Å². The van der Waals surface area contributed by atoms with Crippen LogP contribution in [-0.2, 0) is 9.53 Å². The summed E-state index contributed by atoms with van der Waals surface area (Å²) in [6, 6.07) is 0. The van der Waals surface area contributed by atoms with Crippen LogP contribution in [-0.4, -0.2) is 37.7 Å². The van der Waals surface area contributed by atoms with Crippen LogP contribution in [0.15, 0.2) is 0 Å². The van der Waals surface area contributed by atoms with Crippen LogP contribution in [0, 0.1) is 5.92 Å². The van der Waals surface area contributed by atoms with E-state index >= 15 is 0 Å². The lowest BCUT2D eigenvalue weighted by Gasteiger charge is -2.36. The molecule has 2 aliphatic rings. The topological polar surface area (TPSA) is 50.4 Å². The predicted molar refractivity (Wildman–Crippen MR) is 62.2 cm³/mol. The van der Waals surface area contributed by atoms with Crippen molar-refractivity contribution >= 4 is 5.91 Å². The van der Waals surface area contributed by atoms with Crippen LogP contribution < -0.4 is 10.6 Å². The molecule has 2 N–H and O–H groups in total. The summed E-state index contributed by atoms with van der Waals surface area (Å²) in [4.78, 5) is 12.1. The molecule has 2 unspecified atom stereocenters. The van der Waals surface area contributed by atoms with Crippen molar-refractivity contribution in [2.75, 3.05) is 26.3 Å². The third-order valence-corrected chi connectivity index (χ3v) is 3.53. The highest BCUT2D eigenvalue weighted by molar-refractivity contribution is 5.79. The van der Waals surface area contributed by atoms with Crippen molar-refractivity contribution in [3.63, 3.8) is 0 Å². The van der Waals surface area contributed by atoms with Crippen LogP contribution in [0.5, 0.6) is 0 Å². The van der Waals surface area contributed by atoms with E-state index < -0.39 is 0 Å². The smallest absolute Gasteiger partial charge is 0.224 e. The number of hydrogen-bond donors (Lipinski definition) is 2. The van der Waals surface area contributed by atoms with Crippen LogP contribution in [0.3, 0.4) is 0 Å². The maximum atomic E-state index is 12.1. The molecule has 92 valence electrons. The Balaban J connectivity index is 1.85. The van der Waals surface area contributed by atoms with E-state index in [1.165, 1.54) is 0 Å². The fraction of sp³-hybridized carbons (Fsp3) is 0.917. The molecule has 4 nitrogen and oxygen atoms in total. The summed E-state index contributed by atoms with van der Waals surface area (Å²) in [5.74, 6) is 0.340. The lowest BCUT2D eigenvalue weighted by Crippen LogP contribution is -2.54. The van der Waals surface area contributed by atoms with Crippen LogP contribution in [0.4, 0.5) is 0 Å². The number of nitrogens with one attached hydrogen (secondary N) is 2. The normalized spacial score (nSPS) is 35.7. The van der Waals surface area contributed by atoms with Gasteiger partial charge in [-0.05, 0) is 39.2 Å². The fourth-order valence-corrected chi connectivity index (χ4v) is 2.51. The van der Waals surface area contributed by atoms with E-state index in [1.807, 2.05) is 0 Å². The minimum atomic E-state index is -0.146. The first-order chi connectivity index (χ1) is 7.70. The lowest BCUT2D eigenvalue weighted by atomic mass is 9.92. The van der Waals surface area contributed by atoms with Crippen LogP contribution >= 0.6 is 0 Å². The zero-order valence-corrected chi connectivity index (χ0v) is 10.1. The first-order valence-corrected chi connectivity index (χ1v) is 6.30. The summed E-state index contributed by atoms with van der Waals surface area (Å²) in [6.07, 6.45) is 4.18. The summed E-state index contributed by atoms with van der Waals surface area (Å²) >= 11 is 0. The Bertz CT molecular complexity index is 243. The predicted octanol–water partition coefficient (Wildman–Crippen LogP) is 0.671. The second kappa shape index (κ2) is 5.15. The van der Waals surface area contributed by atoms with E-state index in [0.717, 1.165) is 45.4 Å². The molecule has 2 rings (SSSR count). The molecule has 2 saturated heterocycles. The monoisotopic (exact) mass is 226 g/mol. The zero-order valence-electron chi connectivity index (χ0n) is 10.1. The van der Waals surface area contributed by atoms with Gasteiger partial charge in [0, 0.05) is 13.2 Å². The van der Waals surface area contributed by atoms with Gasteiger partial charge in [0.05, 0.1) is 18.1 Å². The SMILES string of the molecule is CC1(NC(=O)C2CCCNC2)CCCOC1. The third-order valence-electron chi connectivity index (χ3n) is 3.53. The van der Waals surface area contributed by atoms with E-state index in [9.17, 15) is 4.79 Å². The molecule has 0 aromatic heterocycles. The molecule has 0 radical (unpaired) electrons. The molecule has 0 aromatic carbocycles. The van der Waals surface area contributed by atoms with Gasteiger partial charge in [-0.15, -0.1) is 0 Å². The number of piperidine rings is 1. The Labute approximate surface area is 97.1 Å². The quantitative estimate of drug-likeness (QED) is 0.727. The second-order valence-electron chi connectivity index (χ2n) is 5.25. The van der Waals surface area contributed by atoms with Gasteiger partial charge in [-0.2, -0.15) is 0 Å². The molecule has 1 amide bonds. The summed E-state index contributed by atoms with van der Waals surface area (Å²) in [7, 11) is 0. The van der Waals surface area contributed by atoms with Crippen molar-refractivity contribution in [1.82, 2.24) is 10.6 Å². The molecular weight excluding hydrogens is 204 g/mol. The number of carbonyl (C=O) groups excluding carboxylic acids is 1. The zero-order chi connectivity index (χ0) is 11.4. The Morgan fingerprint density at radius 3 is 3.00 bits per heavy atom. The van der Waals surface area contributed by atoms with Crippen molar-refractivity contribution < 1.29 is 9.53 Å². The third kappa shape index (κ3) is 2.95. The number of hydrogen-bond acceptors (Lipinski definition) is 3. The van der Waals surface area contributed by atoms with Crippen molar-refractivity contribution in [3.05, 3.63) is 0 Å². The highest BCUT2D eigenvalue weighted by Crippen LogP contribution is 2.20. The molecule has 0 bridgehead atoms. The first-order valence-electron chi connectivity index (χ1n) is 6.30. The van der Waals surface area contributed by atoms with E-state index in [0.29, 0.717) is 6.61 Å². The minimum absolute atomic E-state index is 0.146. The first kappa shape index (κ1) is 11.9. The van der Waals surface area contributed by atoms with Crippen molar-refractivity contribution in [3.8, 4) is 0 Å². The summed E-state index contributed by atoms with van der Waals surface area (Å²) in [5.41, 5.74) is -0.146. The highest BCUT2D eigenvalue weighted by atomic mass is 16.5. The lowest BCUT2D eigenvalue weighted by molar-refractivity contribution is -0.129. The summed E-state index contributed by atoms with van der Waals surface area (Å²) in [5, 5.41) is 6.43. The summed E-state index contributed by atoms with van der Waals surface area (Å²) < 4.78 is 5.44. The van der Waals surface area contributed by atoms with Gasteiger partial charge in [-0.1, -0.05) is 0 Å². The number of rotatable bonds is 2. The molecule has 0 saturated carbocycles. The maximum absolute atomic E-state index is 12.1. The molecule has 16 heavy (non-hydrogen) atoms. The largest absolute Gasteiger partial charge is 0.379 e. The molecule has 0 spiro atoms. The average molecular weight is 226 g/mol. The Kier molecular flexibility index (Phi) is 3.82. The maximum Gasteiger partial charge on any atom is 0.224 e. The molecule has 0 aliphatic carbocycles. The van der Waals surface area contributed by atoms with Crippen molar-refractivity contribution in [2.24, 2.45) is 5.92 Å². The van der Waals surface area contributed by atoms with E-state index in [4.69, 9.17) is 4.74 Å². The van der Waals surface area contributed by atoms with Gasteiger partial charge in [-0.3, -0.25) is 4.79 Å². The second-order valence-corrected chi connectivity index (χ2v) is 5.25. The van der Waals surface area contributed by atoms with E-state index in [1.54, 1.807) is 0 Å². The molecule has 4 heteroatoms. The van der Waals surface area contributed by atoms with Gasteiger partial charge in [0.25, 0.3) is 0 Å². The van der Waals surface area contributed by atoms with Gasteiger partial charge in [0.2, 0.25) is 5.91 Å². The average Bonchev–Trinajstić information content (AvgIpc) is 2.30. The number of ether oxygens (including phenoxy) is 1. The standard InChI is InChI=1S/C12H22N2O2/c1-12(5-3-7-16-9-12)14-11(15)10-4-2-6-13-8-10/h10,13H,2-9H2,1H3,(H,14,15). The fourth-order valence-electron chi connectivity index (χ4n) is 2.51. The van der Waals surface area contributed by atoms with Crippen molar-refractivity contribution in [2.45, 2.75) is 38.1 Å². The van der Waals surface area contributed by atoms with Crippen molar-refractivity contribution in [1.29, 1.82) is 0 Å². The number of amides is 1. The van der Waals surface area contributed by atoms with Gasteiger partial charge in [-0.25, -0.2) is 0 Å². The minimum Gasteiger partial charge on any atom is -0.379 e. The molecule has 2 heterocycles. The molecule has 2 fully saturated rings. The Morgan fingerprint density at radius 1 is 1.50 bits per heavy atom. The molecule has 0 aromatic rings.